The fourth-order valence-electron chi connectivity index (χ4n) is 2.54. The maximum atomic E-state index is 10.1. The molecule has 2 aromatic carbocycles. The molecular weight excluding hydrogens is 362 g/mol. The number of methoxy groups -OCH3 is 1. The molecule has 3 rings (SSSR count). The van der Waals surface area contributed by atoms with Gasteiger partial charge in [0.25, 0.3) is 0 Å². The summed E-state index contributed by atoms with van der Waals surface area (Å²) in [7, 11) is 3.56. The zero-order valence-electron chi connectivity index (χ0n) is 15.4. The zero-order valence-corrected chi connectivity index (χ0v) is 16.2. The predicted molar refractivity (Wildman–Crippen MR) is 106 cm³/mol. The molecule has 0 saturated heterocycles. The van der Waals surface area contributed by atoms with E-state index in [1.54, 1.807) is 7.11 Å². The van der Waals surface area contributed by atoms with Crippen molar-refractivity contribution in [2.75, 3.05) is 19.5 Å². The molecule has 0 fully saturated rings. The minimum atomic E-state index is -0.570. The molecule has 1 aromatic heterocycles. The molecule has 1 N–H and O–H groups in total. The van der Waals surface area contributed by atoms with Crippen molar-refractivity contribution in [3.05, 3.63) is 60.2 Å². The fraction of sp³-hybridized carbons (Fsp3) is 0.300. The average molecular weight is 385 g/mol. The summed E-state index contributed by atoms with van der Waals surface area (Å²) in [4.78, 5) is 0. The predicted octanol–water partition coefficient (Wildman–Crippen LogP) is 3.16. The average Bonchev–Trinajstić information content (AvgIpc) is 3.08. The van der Waals surface area contributed by atoms with Crippen LogP contribution in [0.15, 0.2) is 59.8 Å². The molecule has 0 aliphatic rings. The topological polar surface area (TPSA) is 69.4 Å². The molecule has 1 atom stereocenters. The van der Waals surface area contributed by atoms with Gasteiger partial charge in [-0.1, -0.05) is 42.1 Å². The van der Waals surface area contributed by atoms with Crippen molar-refractivity contribution >= 4 is 11.8 Å². The summed E-state index contributed by atoms with van der Waals surface area (Å²) in [5, 5.41) is 19.4. The van der Waals surface area contributed by atoms with Crippen LogP contribution in [0.4, 0.5) is 0 Å². The summed E-state index contributed by atoms with van der Waals surface area (Å²) in [6.07, 6.45) is -0.570. The normalized spacial score (nSPS) is 12.1. The van der Waals surface area contributed by atoms with E-state index in [1.165, 1.54) is 11.8 Å². The highest BCUT2D eigenvalue weighted by molar-refractivity contribution is 7.99. The Morgan fingerprint density at radius 3 is 2.52 bits per heavy atom. The molecule has 27 heavy (non-hydrogen) atoms. The Labute approximate surface area is 163 Å². The van der Waals surface area contributed by atoms with Gasteiger partial charge in [-0.25, -0.2) is 0 Å². The molecule has 0 bridgehead atoms. The number of aliphatic hydroxyl groups is 1. The molecule has 7 heteroatoms. The molecular formula is C20H23N3O3S. The second kappa shape index (κ2) is 9.55. The maximum absolute atomic E-state index is 10.1. The van der Waals surface area contributed by atoms with Crippen LogP contribution in [0.2, 0.25) is 0 Å². The van der Waals surface area contributed by atoms with Gasteiger partial charge in [0.2, 0.25) is 0 Å². The number of thioether (sulfide) groups is 1. The summed E-state index contributed by atoms with van der Waals surface area (Å²) >= 11 is 1.46. The van der Waals surface area contributed by atoms with Crippen molar-refractivity contribution in [2.24, 2.45) is 7.05 Å². The lowest BCUT2D eigenvalue weighted by Gasteiger charge is -2.11. The smallest absolute Gasteiger partial charge is 0.191 e. The molecule has 0 saturated carbocycles. The molecule has 0 aliphatic heterocycles. The third kappa shape index (κ3) is 5.32. The molecule has 0 amide bonds. The summed E-state index contributed by atoms with van der Waals surface area (Å²) in [5.41, 5.74) is 2.05. The van der Waals surface area contributed by atoms with E-state index in [2.05, 4.69) is 10.2 Å². The summed E-state index contributed by atoms with van der Waals surface area (Å²) in [5.74, 6) is 2.06. The van der Waals surface area contributed by atoms with E-state index in [-0.39, 0.29) is 6.61 Å². The standard InChI is InChI=1S/C20H23N3O3S/c1-23-19(16-8-10-18(25-2)11-9-16)21-22-20(23)27-14-17(24)13-26-12-15-6-4-3-5-7-15/h3-11,17,24H,12-14H2,1-2H3. The SMILES string of the molecule is COc1ccc(-c2nnc(SCC(O)COCc3ccccc3)n2C)cc1. The minimum absolute atomic E-state index is 0.283. The van der Waals surface area contributed by atoms with Crippen molar-refractivity contribution in [2.45, 2.75) is 17.9 Å². The molecule has 6 nitrogen and oxygen atoms in total. The second-order valence-electron chi connectivity index (χ2n) is 6.06. The first-order valence-electron chi connectivity index (χ1n) is 8.63. The van der Waals surface area contributed by atoms with Crippen LogP contribution in [0.5, 0.6) is 5.75 Å². The minimum Gasteiger partial charge on any atom is -0.497 e. The highest BCUT2D eigenvalue weighted by Gasteiger charge is 2.13. The quantitative estimate of drug-likeness (QED) is 0.571. The first-order valence-corrected chi connectivity index (χ1v) is 9.62. The summed E-state index contributed by atoms with van der Waals surface area (Å²) < 4.78 is 12.7. The zero-order chi connectivity index (χ0) is 19.1. The van der Waals surface area contributed by atoms with E-state index in [1.807, 2.05) is 66.2 Å². The van der Waals surface area contributed by atoms with Crippen molar-refractivity contribution in [1.82, 2.24) is 14.8 Å². The third-order valence-corrected chi connectivity index (χ3v) is 5.17. The van der Waals surface area contributed by atoms with Gasteiger partial charge in [0.15, 0.2) is 11.0 Å². The Balaban J connectivity index is 1.50. The van der Waals surface area contributed by atoms with Crippen LogP contribution in [-0.2, 0) is 18.4 Å². The number of hydrogen-bond acceptors (Lipinski definition) is 6. The number of hydrogen-bond donors (Lipinski definition) is 1. The van der Waals surface area contributed by atoms with Gasteiger partial charge in [0.05, 0.1) is 26.4 Å². The highest BCUT2D eigenvalue weighted by Crippen LogP contribution is 2.24. The van der Waals surface area contributed by atoms with Crippen LogP contribution in [0.1, 0.15) is 5.56 Å². The van der Waals surface area contributed by atoms with Gasteiger partial charge in [-0.05, 0) is 29.8 Å². The van der Waals surface area contributed by atoms with Crippen LogP contribution >= 0.6 is 11.8 Å². The van der Waals surface area contributed by atoms with Crippen molar-refractivity contribution in [1.29, 1.82) is 0 Å². The monoisotopic (exact) mass is 385 g/mol. The lowest BCUT2D eigenvalue weighted by Crippen LogP contribution is -2.18. The van der Waals surface area contributed by atoms with Crippen molar-refractivity contribution in [3.63, 3.8) is 0 Å². The van der Waals surface area contributed by atoms with Gasteiger partial charge < -0.3 is 19.1 Å². The van der Waals surface area contributed by atoms with E-state index in [0.717, 1.165) is 27.9 Å². The molecule has 0 radical (unpaired) electrons. The second-order valence-corrected chi connectivity index (χ2v) is 7.05. The molecule has 3 aromatic rings. The van der Waals surface area contributed by atoms with Crippen molar-refractivity contribution < 1.29 is 14.6 Å². The first kappa shape index (κ1) is 19.4. The molecule has 142 valence electrons. The van der Waals surface area contributed by atoms with Crippen LogP contribution in [-0.4, -0.2) is 45.4 Å². The third-order valence-electron chi connectivity index (χ3n) is 4.01. The largest absolute Gasteiger partial charge is 0.497 e. The van der Waals surface area contributed by atoms with Gasteiger partial charge in [-0.15, -0.1) is 10.2 Å². The van der Waals surface area contributed by atoms with E-state index in [9.17, 15) is 5.11 Å². The van der Waals surface area contributed by atoms with Crippen LogP contribution < -0.4 is 4.74 Å². The number of aromatic nitrogens is 3. The Kier molecular flexibility index (Phi) is 6.86. The Hall–Kier alpha value is -2.35. The van der Waals surface area contributed by atoms with Gasteiger partial charge in [0, 0.05) is 18.4 Å². The van der Waals surface area contributed by atoms with E-state index in [4.69, 9.17) is 9.47 Å². The van der Waals surface area contributed by atoms with Crippen LogP contribution in [0.3, 0.4) is 0 Å². The molecule has 0 spiro atoms. The van der Waals surface area contributed by atoms with E-state index in [0.29, 0.717) is 12.4 Å². The summed E-state index contributed by atoms with van der Waals surface area (Å²) in [6.45, 7) is 0.777. The number of rotatable bonds is 9. The molecule has 0 aliphatic carbocycles. The lowest BCUT2D eigenvalue weighted by atomic mass is 10.2. The van der Waals surface area contributed by atoms with Gasteiger partial charge >= 0.3 is 0 Å². The lowest BCUT2D eigenvalue weighted by molar-refractivity contribution is 0.0397. The van der Waals surface area contributed by atoms with Gasteiger partial charge in [-0.3, -0.25) is 0 Å². The number of aliphatic hydroxyl groups excluding tert-OH is 1. The van der Waals surface area contributed by atoms with Gasteiger partial charge in [-0.2, -0.15) is 0 Å². The van der Waals surface area contributed by atoms with Crippen LogP contribution in [0.25, 0.3) is 11.4 Å². The van der Waals surface area contributed by atoms with Gasteiger partial charge in [0.1, 0.15) is 5.75 Å². The Morgan fingerprint density at radius 2 is 1.81 bits per heavy atom. The number of benzene rings is 2. The summed E-state index contributed by atoms with van der Waals surface area (Å²) in [6, 6.07) is 17.6. The van der Waals surface area contributed by atoms with Crippen LogP contribution in [0, 0.1) is 0 Å². The molecule has 1 unspecified atom stereocenters. The number of nitrogens with zero attached hydrogens (tertiary/aromatic N) is 3. The van der Waals surface area contributed by atoms with Crippen molar-refractivity contribution in [3.8, 4) is 17.1 Å². The number of ether oxygens (including phenoxy) is 2. The maximum Gasteiger partial charge on any atom is 0.191 e. The van der Waals surface area contributed by atoms with E-state index >= 15 is 0 Å². The fourth-order valence-corrected chi connectivity index (χ4v) is 3.35. The Morgan fingerprint density at radius 1 is 1.07 bits per heavy atom. The highest BCUT2D eigenvalue weighted by atomic mass is 32.2. The first-order chi connectivity index (χ1) is 13.2. The Bertz CT molecular complexity index is 837. The van der Waals surface area contributed by atoms with E-state index < -0.39 is 6.10 Å². The molecule has 1 heterocycles.